The van der Waals surface area contributed by atoms with E-state index in [1.165, 1.54) is 31.4 Å². The lowest BCUT2D eigenvalue weighted by Crippen LogP contribution is -2.05. The molecule has 0 aliphatic heterocycles. The van der Waals surface area contributed by atoms with Gasteiger partial charge in [0.15, 0.2) is 0 Å². The van der Waals surface area contributed by atoms with E-state index in [0.29, 0.717) is 11.2 Å². The van der Waals surface area contributed by atoms with Gasteiger partial charge in [-0.1, -0.05) is 6.92 Å². The number of rotatable bonds is 4. The number of aryl methyl sites for hydroxylation is 2. The van der Waals surface area contributed by atoms with E-state index in [1.54, 1.807) is 0 Å². The fraction of sp³-hybridized carbons (Fsp3) is 0.727. The fourth-order valence-electron chi connectivity index (χ4n) is 1.88. The molecule has 0 unspecified atom stereocenters. The van der Waals surface area contributed by atoms with Crippen molar-refractivity contribution in [1.29, 1.82) is 0 Å². The molecule has 2 rings (SSSR count). The van der Waals surface area contributed by atoms with Crippen molar-refractivity contribution in [3.05, 3.63) is 11.8 Å². The summed E-state index contributed by atoms with van der Waals surface area (Å²) >= 11 is 0. The van der Waals surface area contributed by atoms with Gasteiger partial charge in [-0.2, -0.15) is 5.10 Å². The molecular weight excluding hydrogens is 174 g/mol. The molecule has 0 radical (unpaired) electrons. The van der Waals surface area contributed by atoms with E-state index >= 15 is 0 Å². The Kier molecular flexibility index (Phi) is 2.25. The standard InChI is InChI=1S/C11H19N3/c1-9-8-10(12)13-14(9)7-3-4-11(2)5-6-11/h8H,3-7H2,1-2H3,(H2,12,13). The molecule has 2 N–H and O–H groups in total. The molecular formula is C11H19N3. The highest BCUT2D eigenvalue weighted by Crippen LogP contribution is 2.48. The summed E-state index contributed by atoms with van der Waals surface area (Å²) in [6.07, 6.45) is 5.37. The monoisotopic (exact) mass is 193 g/mol. The highest BCUT2D eigenvalue weighted by atomic mass is 15.3. The largest absolute Gasteiger partial charge is 0.382 e. The van der Waals surface area contributed by atoms with Gasteiger partial charge in [0.1, 0.15) is 5.82 Å². The maximum atomic E-state index is 5.62. The average molecular weight is 193 g/mol. The van der Waals surface area contributed by atoms with E-state index in [2.05, 4.69) is 18.9 Å². The Morgan fingerprint density at radius 3 is 2.79 bits per heavy atom. The van der Waals surface area contributed by atoms with Gasteiger partial charge in [-0.05, 0) is 38.0 Å². The van der Waals surface area contributed by atoms with Crippen LogP contribution in [-0.4, -0.2) is 9.78 Å². The van der Waals surface area contributed by atoms with Crippen molar-refractivity contribution in [2.24, 2.45) is 5.41 Å². The second-order valence-corrected chi connectivity index (χ2v) is 4.85. The summed E-state index contributed by atoms with van der Waals surface area (Å²) in [4.78, 5) is 0. The van der Waals surface area contributed by atoms with Crippen LogP contribution in [0.15, 0.2) is 6.07 Å². The Hall–Kier alpha value is -0.990. The van der Waals surface area contributed by atoms with Crippen LogP contribution in [0.5, 0.6) is 0 Å². The zero-order valence-electron chi connectivity index (χ0n) is 9.08. The molecule has 0 atom stereocenters. The highest BCUT2D eigenvalue weighted by molar-refractivity contribution is 5.28. The molecule has 0 saturated heterocycles. The SMILES string of the molecule is Cc1cc(N)nn1CCCC1(C)CC1. The van der Waals surface area contributed by atoms with Crippen LogP contribution < -0.4 is 5.73 Å². The van der Waals surface area contributed by atoms with E-state index in [1.807, 2.05) is 10.7 Å². The summed E-state index contributed by atoms with van der Waals surface area (Å²) in [5.41, 5.74) is 7.45. The van der Waals surface area contributed by atoms with Gasteiger partial charge in [-0.3, -0.25) is 4.68 Å². The average Bonchev–Trinajstić information content (AvgIpc) is 2.73. The van der Waals surface area contributed by atoms with E-state index in [4.69, 9.17) is 5.73 Å². The lowest BCUT2D eigenvalue weighted by molar-refractivity contribution is 0.447. The van der Waals surface area contributed by atoms with Crippen LogP contribution in [0.4, 0.5) is 5.82 Å². The number of hydrogen-bond donors (Lipinski definition) is 1. The molecule has 1 aliphatic rings. The van der Waals surface area contributed by atoms with Gasteiger partial charge >= 0.3 is 0 Å². The first-order chi connectivity index (χ1) is 6.59. The van der Waals surface area contributed by atoms with Crippen molar-refractivity contribution in [1.82, 2.24) is 9.78 Å². The molecule has 1 aliphatic carbocycles. The Morgan fingerprint density at radius 2 is 2.29 bits per heavy atom. The zero-order chi connectivity index (χ0) is 10.2. The molecule has 3 nitrogen and oxygen atoms in total. The van der Waals surface area contributed by atoms with Crippen molar-refractivity contribution < 1.29 is 0 Å². The first-order valence-electron chi connectivity index (χ1n) is 5.39. The zero-order valence-corrected chi connectivity index (χ0v) is 9.08. The Balaban J connectivity index is 1.82. The van der Waals surface area contributed by atoms with Crippen molar-refractivity contribution >= 4 is 5.82 Å². The number of anilines is 1. The van der Waals surface area contributed by atoms with Crippen LogP contribution in [0.2, 0.25) is 0 Å². The number of nitrogen functional groups attached to an aromatic ring is 1. The molecule has 1 saturated carbocycles. The van der Waals surface area contributed by atoms with Crippen molar-refractivity contribution in [3.63, 3.8) is 0 Å². The predicted molar refractivity (Wildman–Crippen MR) is 58.0 cm³/mol. The molecule has 1 heterocycles. The van der Waals surface area contributed by atoms with Crippen molar-refractivity contribution in [3.8, 4) is 0 Å². The summed E-state index contributed by atoms with van der Waals surface area (Å²) in [5.74, 6) is 0.639. The molecule has 3 heteroatoms. The second-order valence-electron chi connectivity index (χ2n) is 4.85. The molecule has 14 heavy (non-hydrogen) atoms. The molecule has 78 valence electrons. The van der Waals surface area contributed by atoms with Crippen LogP contribution in [0.3, 0.4) is 0 Å². The maximum absolute atomic E-state index is 5.62. The topological polar surface area (TPSA) is 43.8 Å². The number of aromatic nitrogens is 2. The molecule has 0 bridgehead atoms. The Bertz CT molecular complexity index is 323. The summed E-state index contributed by atoms with van der Waals surface area (Å²) in [6.45, 7) is 5.44. The molecule has 1 aromatic heterocycles. The van der Waals surface area contributed by atoms with Gasteiger partial charge in [0.25, 0.3) is 0 Å². The van der Waals surface area contributed by atoms with E-state index in [-0.39, 0.29) is 0 Å². The smallest absolute Gasteiger partial charge is 0.145 e. The number of nitrogens with two attached hydrogens (primary N) is 1. The molecule has 1 fully saturated rings. The van der Waals surface area contributed by atoms with Gasteiger partial charge in [0.2, 0.25) is 0 Å². The molecule has 0 spiro atoms. The molecule has 0 amide bonds. The molecule has 0 aromatic carbocycles. The third-order valence-electron chi connectivity index (χ3n) is 3.25. The quantitative estimate of drug-likeness (QED) is 0.797. The summed E-state index contributed by atoms with van der Waals surface area (Å²) < 4.78 is 2.01. The van der Waals surface area contributed by atoms with Gasteiger partial charge in [-0.25, -0.2) is 0 Å². The third kappa shape index (κ3) is 2.08. The summed E-state index contributed by atoms with van der Waals surface area (Å²) in [6, 6.07) is 1.93. The van der Waals surface area contributed by atoms with E-state index < -0.39 is 0 Å². The minimum atomic E-state index is 0.639. The third-order valence-corrected chi connectivity index (χ3v) is 3.25. The van der Waals surface area contributed by atoms with Gasteiger partial charge in [-0.15, -0.1) is 0 Å². The first kappa shape index (κ1) is 9.56. The minimum absolute atomic E-state index is 0.639. The summed E-state index contributed by atoms with van der Waals surface area (Å²) in [7, 11) is 0. The summed E-state index contributed by atoms with van der Waals surface area (Å²) in [5, 5.41) is 4.24. The van der Waals surface area contributed by atoms with Gasteiger partial charge < -0.3 is 5.73 Å². The Labute approximate surface area is 85.3 Å². The normalized spacial score (nSPS) is 18.4. The van der Waals surface area contributed by atoms with Crippen LogP contribution >= 0.6 is 0 Å². The van der Waals surface area contributed by atoms with Gasteiger partial charge in [0, 0.05) is 18.3 Å². The lowest BCUT2D eigenvalue weighted by atomic mass is 10.0. The second kappa shape index (κ2) is 3.30. The van der Waals surface area contributed by atoms with Gasteiger partial charge in [0.05, 0.1) is 0 Å². The van der Waals surface area contributed by atoms with Crippen LogP contribution in [-0.2, 0) is 6.54 Å². The van der Waals surface area contributed by atoms with E-state index in [0.717, 1.165) is 6.54 Å². The van der Waals surface area contributed by atoms with E-state index in [9.17, 15) is 0 Å². The van der Waals surface area contributed by atoms with Crippen LogP contribution in [0.25, 0.3) is 0 Å². The minimum Gasteiger partial charge on any atom is -0.382 e. The highest BCUT2D eigenvalue weighted by Gasteiger charge is 2.36. The molecule has 1 aromatic rings. The fourth-order valence-corrected chi connectivity index (χ4v) is 1.88. The van der Waals surface area contributed by atoms with Crippen LogP contribution in [0, 0.1) is 12.3 Å². The predicted octanol–water partition coefficient (Wildman–Crippen LogP) is 2.35. The lowest BCUT2D eigenvalue weighted by Gasteiger charge is -2.08. The first-order valence-corrected chi connectivity index (χ1v) is 5.39. The Morgan fingerprint density at radius 1 is 1.57 bits per heavy atom. The maximum Gasteiger partial charge on any atom is 0.145 e. The number of nitrogens with zero attached hydrogens (tertiary/aromatic N) is 2. The number of hydrogen-bond acceptors (Lipinski definition) is 2. The van der Waals surface area contributed by atoms with Crippen molar-refractivity contribution in [2.45, 2.75) is 46.1 Å². The van der Waals surface area contributed by atoms with Crippen LogP contribution in [0.1, 0.15) is 38.3 Å². The van der Waals surface area contributed by atoms with Crippen molar-refractivity contribution in [2.75, 3.05) is 5.73 Å².